The monoisotopic (exact) mass is 311 g/mol. The van der Waals surface area contributed by atoms with Crippen LogP contribution in [0, 0.1) is 0 Å². The van der Waals surface area contributed by atoms with Crippen molar-refractivity contribution in [2.75, 3.05) is 18.6 Å². The summed E-state index contributed by atoms with van der Waals surface area (Å²) in [4.78, 5) is 25.8. The number of aliphatic carboxylic acids is 1. The van der Waals surface area contributed by atoms with Crippen LogP contribution in [0.25, 0.3) is 0 Å². The maximum Gasteiger partial charge on any atom is 0.312 e. The Morgan fingerprint density at radius 1 is 1.22 bits per heavy atom. The number of hydrogen-bond acceptors (Lipinski definition) is 3. The minimum Gasteiger partial charge on any atom is -0.481 e. The Labute approximate surface area is 134 Å². The highest BCUT2D eigenvalue weighted by atomic mass is 16.5. The number of anilines is 1. The Morgan fingerprint density at radius 3 is 2.74 bits per heavy atom. The smallest absolute Gasteiger partial charge is 0.312 e. The van der Waals surface area contributed by atoms with Crippen LogP contribution < -0.4 is 4.90 Å². The van der Waals surface area contributed by atoms with Gasteiger partial charge in [0.1, 0.15) is 5.92 Å². The Hall–Kier alpha value is -2.66. The van der Waals surface area contributed by atoms with Gasteiger partial charge in [-0.3, -0.25) is 9.59 Å². The van der Waals surface area contributed by atoms with E-state index < -0.39 is 11.9 Å². The van der Waals surface area contributed by atoms with Crippen molar-refractivity contribution in [1.82, 2.24) is 0 Å². The van der Waals surface area contributed by atoms with E-state index in [9.17, 15) is 14.7 Å². The number of carbonyl (C=O) groups is 2. The number of benzene rings is 2. The van der Waals surface area contributed by atoms with Gasteiger partial charge in [0.05, 0.1) is 6.61 Å². The second kappa shape index (κ2) is 6.22. The number of carboxylic acids is 1. The molecule has 1 N–H and O–H groups in total. The van der Waals surface area contributed by atoms with Crippen LogP contribution >= 0.6 is 0 Å². The molecule has 23 heavy (non-hydrogen) atoms. The Kier molecular flexibility index (Phi) is 4.12. The number of ether oxygens (including phenoxy) is 1. The topological polar surface area (TPSA) is 66.8 Å². The predicted molar refractivity (Wildman–Crippen MR) is 85.7 cm³/mol. The van der Waals surface area contributed by atoms with Crippen LogP contribution in [0.4, 0.5) is 5.69 Å². The zero-order valence-electron chi connectivity index (χ0n) is 12.7. The van der Waals surface area contributed by atoms with Crippen LogP contribution in [0.2, 0.25) is 0 Å². The van der Waals surface area contributed by atoms with Gasteiger partial charge in [0.15, 0.2) is 0 Å². The zero-order valence-corrected chi connectivity index (χ0v) is 12.7. The van der Waals surface area contributed by atoms with Gasteiger partial charge in [0.2, 0.25) is 0 Å². The first kappa shape index (κ1) is 15.2. The number of methoxy groups -OCH3 is 1. The highest BCUT2D eigenvalue weighted by Gasteiger charge is 2.36. The Bertz CT molecular complexity index is 756. The van der Waals surface area contributed by atoms with E-state index in [2.05, 4.69) is 0 Å². The van der Waals surface area contributed by atoms with E-state index in [0.29, 0.717) is 23.4 Å². The Morgan fingerprint density at radius 2 is 2.00 bits per heavy atom. The lowest BCUT2D eigenvalue weighted by Gasteiger charge is -2.18. The van der Waals surface area contributed by atoms with Gasteiger partial charge >= 0.3 is 5.97 Å². The number of fused-ring (bicyclic) bond motifs is 1. The molecule has 0 spiro atoms. The third kappa shape index (κ3) is 2.83. The third-order valence-electron chi connectivity index (χ3n) is 4.00. The maximum atomic E-state index is 12.8. The van der Waals surface area contributed by atoms with Gasteiger partial charge in [-0.1, -0.05) is 30.3 Å². The van der Waals surface area contributed by atoms with Crippen LogP contribution in [0.3, 0.4) is 0 Å². The van der Waals surface area contributed by atoms with Crippen LogP contribution in [-0.2, 0) is 16.1 Å². The fourth-order valence-corrected chi connectivity index (χ4v) is 2.93. The maximum absolute atomic E-state index is 12.8. The van der Waals surface area contributed by atoms with Crippen LogP contribution in [0.1, 0.15) is 27.4 Å². The molecule has 0 fully saturated rings. The second-order valence-corrected chi connectivity index (χ2v) is 5.50. The average molecular weight is 311 g/mol. The molecule has 0 radical (unpaired) electrons. The zero-order chi connectivity index (χ0) is 16.4. The van der Waals surface area contributed by atoms with Crippen molar-refractivity contribution < 1.29 is 19.4 Å². The molecule has 2 aromatic carbocycles. The van der Waals surface area contributed by atoms with Crippen molar-refractivity contribution in [2.24, 2.45) is 0 Å². The van der Waals surface area contributed by atoms with Gasteiger partial charge in [-0.05, 0) is 29.3 Å². The lowest BCUT2D eigenvalue weighted by Crippen LogP contribution is -2.31. The van der Waals surface area contributed by atoms with Gasteiger partial charge in [-0.25, -0.2) is 0 Å². The molecule has 0 aromatic heterocycles. The van der Waals surface area contributed by atoms with E-state index in [1.807, 2.05) is 12.1 Å². The molecule has 1 amide bonds. The molecule has 3 rings (SSSR count). The number of carbonyl (C=O) groups excluding carboxylic acids is 1. The minimum absolute atomic E-state index is 0.155. The molecule has 0 saturated heterocycles. The highest BCUT2D eigenvalue weighted by Crippen LogP contribution is 2.37. The van der Waals surface area contributed by atoms with Crippen molar-refractivity contribution in [3.63, 3.8) is 0 Å². The molecule has 5 nitrogen and oxygen atoms in total. The fraction of sp³-hybridized carbons (Fsp3) is 0.222. The summed E-state index contributed by atoms with van der Waals surface area (Å²) in [6, 6.07) is 14.4. The number of carboxylic acid groups (broad SMARTS) is 1. The molecule has 1 heterocycles. The van der Waals surface area contributed by atoms with E-state index in [0.717, 1.165) is 5.56 Å². The normalized spacial score (nSPS) is 16.2. The van der Waals surface area contributed by atoms with E-state index in [1.165, 1.54) is 0 Å². The largest absolute Gasteiger partial charge is 0.481 e. The molecule has 0 bridgehead atoms. The second-order valence-electron chi connectivity index (χ2n) is 5.50. The van der Waals surface area contributed by atoms with E-state index in [-0.39, 0.29) is 12.5 Å². The van der Waals surface area contributed by atoms with E-state index in [1.54, 1.807) is 48.4 Å². The summed E-state index contributed by atoms with van der Waals surface area (Å²) in [7, 11) is 1.60. The average Bonchev–Trinajstić information content (AvgIpc) is 2.95. The molecule has 5 heteroatoms. The van der Waals surface area contributed by atoms with Crippen molar-refractivity contribution in [1.29, 1.82) is 0 Å². The SMILES string of the molecule is COCc1cccc(C(=O)N2CC(C(=O)O)c3ccccc32)c1. The van der Waals surface area contributed by atoms with E-state index in [4.69, 9.17) is 4.74 Å². The van der Waals surface area contributed by atoms with Crippen molar-refractivity contribution >= 4 is 17.6 Å². The first-order valence-electron chi connectivity index (χ1n) is 7.33. The van der Waals surface area contributed by atoms with Gasteiger partial charge in [-0.15, -0.1) is 0 Å². The molecule has 1 aliphatic heterocycles. The van der Waals surface area contributed by atoms with Gasteiger partial charge < -0.3 is 14.7 Å². The number of hydrogen-bond donors (Lipinski definition) is 1. The summed E-state index contributed by atoms with van der Waals surface area (Å²) < 4.78 is 5.09. The lowest BCUT2D eigenvalue weighted by molar-refractivity contribution is -0.138. The molecule has 1 unspecified atom stereocenters. The van der Waals surface area contributed by atoms with Gasteiger partial charge in [0, 0.05) is 24.9 Å². The molecule has 0 aliphatic carbocycles. The minimum atomic E-state index is -0.916. The fourth-order valence-electron chi connectivity index (χ4n) is 2.93. The number of nitrogens with zero attached hydrogens (tertiary/aromatic N) is 1. The highest BCUT2D eigenvalue weighted by molar-refractivity contribution is 6.08. The van der Waals surface area contributed by atoms with Gasteiger partial charge in [-0.2, -0.15) is 0 Å². The first-order valence-corrected chi connectivity index (χ1v) is 7.33. The number of amides is 1. The summed E-state index contributed by atoms with van der Waals surface area (Å²) in [6.45, 7) is 0.581. The van der Waals surface area contributed by atoms with Crippen LogP contribution in [0.5, 0.6) is 0 Å². The van der Waals surface area contributed by atoms with Crippen molar-refractivity contribution in [3.8, 4) is 0 Å². The summed E-state index contributed by atoms with van der Waals surface area (Å²) >= 11 is 0. The van der Waals surface area contributed by atoms with Crippen LogP contribution in [0.15, 0.2) is 48.5 Å². The van der Waals surface area contributed by atoms with Crippen molar-refractivity contribution in [3.05, 3.63) is 65.2 Å². The quantitative estimate of drug-likeness (QED) is 0.942. The molecular formula is C18H17NO4. The Balaban J connectivity index is 1.94. The third-order valence-corrected chi connectivity index (χ3v) is 4.00. The number of para-hydroxylation sites is 1. The van der Waals surface area contributed by atoms with Crippen molar-refractivity contribution in [2.45, 2.75) is 12.5 Å². The predicted octanol–water partition coefficient (Wildman–Crippen LogP) is 2.66. The summed E-state index contributed by atoms with van der Waals surface area (Å²) in [6.07, 6.45) is 0. The molecule has 118 valence electrons. The van der Waals surface area contributed by atoms with Gasteiger partial charge in [0.25, 0.3) is 5.91 Å². The summed E-state index contributed by atoms with van der Waals surface area (Å²) in [5.74, 6) is -1.79. The molecule has 2 aromatic rings. The molecule has 1 atom stereocenters. The molecular weight excluding hydrogens is 294 g/mol. The lowest BCUT2D eigenvalue weighted by atomic mass is 10.0. The molecule has 0 saturated carbocycles. The first-order chi connectivity index (χ1) is 11.1. The summed E-state index contributed by atoms with van der Waals surface area (Å²) in [5.41, 5.74) is 2.78. The molecule has 1 aliphatic rings. The standard InChI is InChI=1S/C18H17NO4/c1-23-11-12-5-4-6-13(9-12)17(20)19-10-15(18(21)22)14-7-2-3-8-16(14)19/h2-9,15H,10-11H2,1H3,(H,21,22). The number of rotatable bonds is 4. The van der Waals surface area contributed by atoms with Crippen LogP contribution in [-0.4, -0.2) is 30.6 Å². The summed E-state index contributed by atoms with van der Waals surface area (Å²) in [5, 5.41) is 9.39. The van der Waals surface area contributed by atoms with E-state index >= 15 is 0 Å².